The van der Waals surface area contributed by atoms with Gasteiger partial charge in [-0.25, -0.2) is 8.42 Å². The van der Waals surface area contributed by atoms with Crippen molar-refractivity contribution in [3.05, 3.63) is 42.5 Å². The summed E-state index contributed by atoms with van der Waals surface area (Å²) in [5.41, 5.74) is 1.02. The summed E-state index contributed by atoms with van der Waals surface area (Å²) in [6, 6.07) is 5.20. The number of aliphatic carboxylic acids is 1. The molecule has 0 amide bonds. The van der Waals surface area contributed by atoms with E-state index in [1.54, 1.807) is 12.1 Å². The van der Waals surface area contributed by atoms with Crippen molar-refractivity contribution in [2.24, 2.45) is 0 Å². The quantitative estimate of drug-likeness (QED) is 0.755. The summed E-state index contributed by atoms with van der Waals surface area (Å²) in [6.07, 6.45) is 1.39. The molecule has 0 fully saturated rings. The van der Waals surface area contributed by atoms with Crippen molar-refractivity contribution in [2.45, 2.75) is 37.1 Å². The number of hydrogen-bond donors (Lipinski definition) is 2. The SMILES string of the molecule is C=CCC(NS(=O)(=O)c1ccc(C(C)C)cc1)C(=O)O. The molecule has 0 heterocycles. The molecule has 2 N–H and O–H groups in total. The molecule has 1 atom stereocenters. The van der Waals surface area contributed by atoms with E-state index in [4.69, 9.17) is 5.11 Å². The van der Waals surface area contributed by atoms with E-state index in [1.165, 1.54) is 18.2 Å². The molecular formula is C14H19NO4S. The normalized spacial score (nSPS) is 13.2. The molecule has 1 aromatic rings. The summed E-state index contributed by atoms with van der Waals surface area (Å²) in [5, 5.41) is 8.96. The number of benzene rings is 1. The highest BCUT2D eigenvalue weighted by atomic mass is 32.2. The minimum atomic E-state index is -3.85. The van der Waals surface area contributed by atoms with Crippen LogP contribution in [0.3, 0.4) is 0 Å². The van der Waals surface area contributed by atoms with Crippen LogP contribution in [0.2, 0.25) is 0 Å². The molecule has 0 aromatic heterocycles. The highest BCUT2D eigenvalue weighted by Crippen LogP contribution is 2.17. The Morgan fingerprint density at radius 1 is 1.35 bits per heavy atom. The number of nitrogens with one attached hydrogen (secondary N) is 1. The molecular weight excluding hydrogens is 278 g/mol. The van der Waals surface area contributed by atoms with Gasteiger partial charge in [0.2, 0.25) is 10.0 Å². The molecule has 0 aliphatic heterocycles. The molecule has 5 nitrogen and oxygen atoms in total. The summed E-state index contributed by atoms with van der Waals surface area (Å²) in [7, 11) is -3.85. The Morgan fingerprint density at radius 2 is 1.90 bits per heavy atom. The summed E-state index contributed by atoms with van der Waals surface area (Å²) < 4.78 is 26.3. The molecule has 6 heteroatoms. The number of carboxylic acids is 1. The fraction of sp³-hybridized carbons (Fsp3) is 0.357. The molecule has 0 spiro atoms. The van der Waals surface area contributed by atoms with Gasteiger partial charge in [-0.05, 0) is 30.0 Å². The zero-order valence-corrected chi connectivity index (χ0v) is 12.4. The van der Waals surface area contributed by atoms with E-state index < -0.39 is 22.0 Å². The van der Waals surface area contributed by atoms with Crippen LogP contribution in [0.5, 0.6) is 0 Å². The smallest absolute Gasteiger partial charge is 0.322 e. The zero-order chi connectivity index (χ0) is 15.3. The van der Waals surface area contributed by atoms with Crippen LogP contribution in [0.1, 0.15) is 31.7 Å². The van der Waals surface area contributed by atoms with Crippen LogP contribution in [0.15, 0.2) is 41.8 Å². The Morgan fingerprint density at radius 3 is 2.30 bits per heavy atom. The molecule has 1 rings (SSSR count). The molecule has 0 aliphatic carbocycles. The van der Waals surface area contributed by atoms with Crippen LogP contribution in [0.4, 0.5) is 0 Å². The second-order valence-corrected chi connectivity index (χ2v) is 6.47. The molecule has 0 bridgehead atoms. The summed E-state index contributed by atoms with van der Waals surface area (Å²) in [4.78, 5) is 11.0. The number of hydrogen-bond acceptors (Lipinski definition) is 3. The Bertz CT molecular complexity index is 576. The maximum atomic E-state index is 12.1. The lowest BCUT2D eigenvalue weighted by molar-refractivity contribution is -0.138. The van der Waals surface area contributed by atoms with Crippen molar-refractivity contribution in [3.8, 4) is 0 Å². The Hall–Kier alpha value is -1.66. The van der Waals surface area contributed by atoms with E-state index in [1.807, 2.05) is 13.8 Å². The summed E-state index contributed by atoms with van der Waals surface area (Å²) in [6.45, 7) is 7.43. The van der Waals surface area contributed by atoms with Crippen LogP contribution in [0.25, 0.3) is 0 Å². The van der Waals surface area contributed by atoms with E-state index in [0.29, 0.717) is 5.92 Å². The third kappa shape index (κ3) is 4.18. The van der Waals surface area contributed by atoms with Gasteiger partial charge in [0.1, 0.15) is 6.04 Å². The first kappa shape index (κ1) is 16.4. The molecule has 110 valence electrons. The highest BCUT2D eigenvalue weighted by molar-refractivity contribution is 7.89. The van der Waals surface area contributed by atoms with Gasteiger partial charge < -0.3 is 5.11 Å². The fourth-order valence-corrected chi connectivity index (χ4v) is 2.86. The summed E-state index contributed by atoms with van der Waals surface area (Å²) in [5.74, 6) is -0.931. The standard InChI is InChI=1S/C14H19NO4S/c1-4-5-13(14(16)17)15-20(18,19)12-8-6-11(7-9-12)10(2)3/h4,6-10,13,15H,1,5H2,2-3H3,(H,16,17). The first-order valence-electron chi connectivity index (χ1n) is 6.24. The topological polar surface area (TPSA) is 83.5 Å². The van der Waals surface area contributed by atoms with Gasteiger partial charge in [0.05, 0.1) is 4.90 Å². The first-order chi connectivity index (χ1) is 9.27. The van der Waals surface area contributed by atoms with Crippen LogP contribution in [0, 0.1) is 0 Å². The number of rotatable bonds is 7. The third-order valence-electron chi connectivity index (χ3n) is 2.85. The Balaban J connectivity index is 2.98. The lowest BCUT2D eigenvalue weighted by atomic mass is 10.0. The van der Waals surface area contributed by atoms with Gasteiger partial charge in [0.25, 0.3) is 0 Å². The van der Waals surface area contributed by atoms with Crippen molar-refractivity contribution in [2.75, 3.05) is 0 Å². The molecule has 0 saturated carbocycles. The second kappa shape index (κ2) is 6.67. The van der Waals surface area contributed by atoms with Gasteiger partial charge in [-0.15, -0.1) is 6.58 Å². The van der Waals surface area contributed by atoms with E-state index in [2.05, 4.69) is 11.3 Å². The monoisotopic (exact) mass is 297 g/mol. The fourth-order valence-electron chi connectivity index (χ4n) is 1.65. The van der Waals surface area contributed by atoms with Gasteiger partial charge in [-0.2, -0.15) is 4.72 Å². The predicted molar refractivity (Wildman–Crippen MR) is 77.1 cm³/mol. The Labute approximate surface area is 119 Å². The second-order valence-electron chi connectivity index (χ2n) is 4.76. The minimum absolute atomic E-state index is 0.0264. The summed E-state index contributed by atoms with van der Waals surface area (Å²) >= 11 is 0. The lowest BCUT2D eigenvalue weighted by Crippen LogP contribution is -2.40. The van der Waals surface area contributed by atoms with Crippen LogP contribution in [-0.2, 0) is 14.8 Å². The first-order valence-corrected chi connectivity index (χ1v) is 7.72. The number of carboxylic acid groups (broad SMARTS) is 1. The van der Waals surface area contributed by atoms with Crippen molar-refractivity contribution in [1.29, 1.82) is 0 Å². The maximum absolute atomic E-state index is 12.1. The van der Waals surface area contributed by atoms with E-state index in [-0.39, 0.29) is 11.3 Å². The molecule has 0 radical (unpaired) electrons. The van der Waals surface area contributed by atoms with Gasteiger partial charge in [-0.3, -0.25) is 4.79 Å². The van der Waals surface area contributed by atoms with E-state index in [0.717, 1.165) is 5.56 Å². The third-order valence-corrected chi connectivity index (χ3v) is 4.34. The largest absolute Gasteiger partial charge is 0.480 e. The zero-order valence-electron chi connectivity index (χ0n) is 11.5. The lowest BCUT2D eigenvalue weighted by Gasteiger charge is -2.13. The highest BCUT2D eigenvalue weighted by Gasteiger charge is 2.24. The van der Waals surface area contributed by atoms with E-state index >= 15 is 0 Å². The van der Waals surface area contributed by atoms with Crippen molar-refractivity contribution in [1.82, 2.24) is 4.72 Å². The van der Waals surface area contributed by atoms with Gasteiger partial charge in [-0.1, -0.05) is 32.1 Å². The van der Waals surface area contributed by atoms with Crippen LogP contribution < -0.4 is 4.72 Å². The number of sulfonamides is 1. The maximum Gasteiger partial charge on any atom is 0.322 e. The number of carbonyl (C=O) groups is 1. The van der Waals surface area contributed by atoms with Gasteiger partial charge >= 0.3 is 5.97 Å². The van der Waals surface area contributed by atoms with Gasteiger partial charge in [0.15, 0.2) is 0 Å². The molecule has 20 heavy (non-hydrogen) atoms. The van der Waals surface area contributed by atoms with Crippen LogP contribution in [-0.4, -0.2) is 25.5 Å². The van der Waals surface area contributed by atoms with Crippen molar-refractivity contribution < 1.29 is 18.3 Å². The predicted octanol–water partition coefficient (Wildman–Crippen LogP) is 2.12. The molecule has 1 aromatic carbocycles. The van der Waals surface area contributed by atoms with Crippen LogP contribution >= 0.6 is 0 Å². The molecule has 1 unspecified atom stereocenters. The van der Waals surface area contributed by atoms with Crippen molar-refractivity contribution in [3.63, 3.8) is 0 Å². The minimum Gasteiger partial charge on any atom is -0.480 e. The van der Waals surface area contributed by atoms with Gasteiger partial charge in [0, 0.05) is 0 Å². The molecule has 0 aliphatic rings. The Kier molecular flexibility index (Phi) is 5.47. The molecule has 0 saturated heterocycles. The van der Waals surface area contributed by atoms with E-state index in [9.17, 15) is 13.2 Å². The average Bonchev–Trinajstić information content (AvgIpc) is 2.38. The van der Waals surface area contributed by atoms with Crippen molar-refractivity contribution >= 4 is 16.0 Å². The average molecular weight is 297 g/mol.